The average Bonchev–Trinajstić information content (AvgIpc) is 3.48. The lowest BCUT2D eigenvalue weighted by Crippen LogP contribution is -2.50. The SMILES string of the molecule is O=C(CNC(=O)C1CC2CCCCC2N1C(=O)c1cccc(Cl)c1)OCC1CC1. The van der Waals surface area contributed by atoms with Gasteiger partial charge in [-0.05, 0) is 62.1 Å². The molecule has 3 unspecified atom stereocenters. The second kappa shape index (κ2) is 8.74. The summed E-state index contributed by atoms with van der Waals surface area (Å²) >= 11 is 6.07. The van der Waals surface area contributed by atoms with Crippen LogP contribution < -0.4 is 5.32 Å². The summed E-state index contributed by atoms with van der Waals surface area (Å²) in [6, 6.07) is 6.34. The highest BCUT2D eigenvalue weighted by atomic mass is 35.5. The van der Waals surface area contributed by atoms with Crippen molar-refractivity contribution in [1.82, 2.24) is 10.2 Å². The molecular formula is C22H27ClN2O4. The van der Waals surface area contributed by atoms with Crippen LogP contribution in [0.25, 0.3) is 0 Å². The van der Waals surface area contributed by atoms with E-state index < -0.39 is 12.0 Å². The van der Waals surface area contributed by atoms with Crippen LogP contribution in [-0.4, -0.2) is 47.9 Å². The lowest BCUT2D eigenvalue weighted by atomic mass is 9.84. The molecule has 156 valence electrons. The number of nitrogens with zero attached hydrogens (tertiary/aromatic N) is 1. The van der Waals surface area contributed by atoms with E-state index in [1.54, 1.807) is 29.2 Å². The zero-order chi connectivity index (χ0) is 20.4. The fraction of sp³-hybridized carbons (Fsp3) is 0.591. The number of hydrogen-bond acceptors (Lipinski definition) is 4. The van der Waals surface area contributed by atoms with Gasteiger partial charge < -0.3 is 15.0 Å². The maximum absolute atomic E-state index is 13.3. The molecule has 0 bridgehead atoms. The Kier molecular flexibility index (Phi) is 6.09. The van der Waals surface area contributed by atoms with Crippen LogP contribution in [0.4, 0.5) is 0 Å². The number of likely N-dealkylation sites (tertiary alicyclic amines) is 1. The highest BCUT2D eigenvalue weighted by Gasteiger charge is 2.47. The van der Waals surface area contributed by atoms with Gasteiger partial charge in [0.15, 0.2) is 0 Å². The van der Waals surface area contributed by atoms with E-state index >= 15 is 0 Å². The molecule has 3 atom stereocenters. The first-order valence-corrected chi connectivity index (χ1v) is 10.9. The molecule has 4 rings (SSSR count). The Balaban J connectivity index is 1.44. The average molecular weight is 419 g/mol. The quantitative estimate of drug-likeness (QED) is 0.720. The second-order valence-electron chi connectivity index (χ2n) is 8.43. The first-order valence-electron chi connectivity index (χ1n) is 10.5. The monoisotopic (exact) mass is 418 g/mol. The molecular weight excluding hydrogens is 392 g/mol. The number of hydrogen-bond donors (Lipinski definition) is 1. The number of carbonyl (C=O) groups excluding carboxylic acids is 3. The summed E-state index contributed by atoms with van der Waals surface area (Å²) in [5.74, 6) is -0.0623. The van der Waals surface area contributed by atoms with Crippen LogP contribution >= 0.6 is 11.6 Å². The molecule has 1 aliphatic heterocycles. The van der Waals surface area contributed by atoms with E-state index in [0.29, 0.717) is 35.4 Å². The van der Waals surface area contributed by atoms with Crippen LogP contribution in [0.1, 0.15) is 55.3 Å². The minimum absolute atomic E-state index is 0.0628. The predicted molar refractivity (Wildman–Crippen MR) is 108 cm³/mol. The molecule has 2 amide bonds. The van der Waals surface area contributed by atoms with Gasteiger partial charge in [0, 0.05) is 16.6 Å². The van der Waals surface area contributed by atoms with Crippen LogP contribution in [0.5, 0.6) is 0 Å². The normalized spacial score (nSPS) is 26.0. The Hall–Kier alpha value is -2.08. The van der Waals surface area contributed by atoms with Crippen molar-refractivity contribution in [1.29, 1.82) is 0 Å². The van der Waals surface area contributed by atoms with Crippen molar-refractivity contribution >= 4 is 29.4 Å². The number of rotatable bonds is 6. The fourth-order valence-electron chi connectivity index (χ4n) is 4.58. The van der Waals surface area contributed by atoms with Gasteiger partial charge in [0.2, 0.25) is 5.91 Å². The predicted octanol–water partition coefficient (Wildman–Crippen LogP) is 3.18. The van der Waals surface area contributed by atoms with Crippen molar-refractivity contribution < 1.29 is 19.1 Å². The van der Waals surface area contributed by atoms with Gasteiger partial charge in [0.25, 0.3) is 5.91 Å². The maximum Gasteiger partial charge on any atom is 0.325 e. The highest BCUT2D eigenvalue weighted by Crippen LogP contribution is 2.40. The molecule has 0 radical (unpaired) electrons. The molecule has 1 N–H and O–H groups in total. The Labute approximate surface area is 175 Å². The van der Waals surface area contributed by atoms with E-state index in [1.807, 2.05) is 0 Å². The standard InChI is InChI=1S/C22H27ClN2O4/c23-17-6-3-5-16(10-17)22(28)25-18-7-2-1-4-15(18)11-19(25)21(27)24-12-20(26)29-13-14-8-9-14/h3,5-6,10,14-15,18-19H,1-2,4,7-9,11-13H2,(H,24,27). The van der Waals surface area contributed by atoms with E-state index in [0.717, 1.165) is 38.5 Å². The first-order chi connectivity index (χ1) is 14.0. The molecule has 29 heavy (non-hydrogen) atoms. The van der Waals surface area contributed by atoms with Gasteiger partial charge in [-0.15, -0.1) is 0 Å². The fourth-order valence-corrected chi connectivity index (χ4v) is 4.77. The molecule has 2 aliphatic carbocycles. The molecule has 1 aromatic carbocycles. The molecule has 1 heterocycles. The number of esters is 1. The van der Waals surface area contributed by atoms with Gasteiger partial charge in [-0.3, -0.25) is 14.4 Å². The highest BCUT2D eigenvalue weighted by molar-refractivity contribution is 6.31. The van der Waals surface area contributed by atoms with Gasteiger partial charge in [-0.1, -0.05) is 30.5 Å². The summed E-state index contributed by atoms with van der Waals surface area (Å²) in [7, 11) is 0. The number of fused-ring (bicyclic) bond motifs is 1. The maximum atomic E-state index is 13.3. The summed E-state index contributed by atoms with van der Waals surface area (Å²) in [6.07, 6.45) is 6.96. The zero-order valence-electron chi connectivity index (χ0n) is 16.4. The number of carbonyl (C=O) groups is 3. The van der Waals surface area contributed by atoms with Gasteiger partial charge in [0.05, 0.1) is 6.61 Å². The van der Waals surface area contributed by atoms with Gasteiger partial charge in [-0.2, -0.15) is 0 Å². The molecule has 3 fully saturated rings. The van der Waals surface area contributed by atoms with E-state index in [4.69, 9.17) is 16.3 Å². The van der Waals surface area contributed by atoms with Crippen LogP contribution in [0.3, 0.4) is 0 Å². The molecule has 6 nitrogen and oxygen atoms in total. The van der Waals surface area contributed by atoms with Crippen molar-refractivity contribution in [2.24, 2.45) is 11.8 Å². The lowest BCUT2D eigenvalue weighted by Gasteiger charge is -2.33. The molecule has 2 saturated carbocycles. The number of amides is 2. The molecule has 7 heteroatoms. The number of benzene rings is 1. The first kappa shape index (κ1) is 20.2. The van der Waals surface area contributed by atoms with Gasteiger partial charge in [0.1, 0.15) is 12.6 Å². The lowest BCUT2D eigenvalue weighted by molar-refractivity contribution is -0.144. The third-order valence-corrected chi connectivity index (χ3v) is 6.52. The molecule has 1 saturated heterocycles. The summed E-state index contributed by atoms with van der Waals surface area (Å²) in [5, 5.41) is 3.19. The van der Waals surface area contributed by atoms with Crippen LogP contribution in [0, 0.1) is 11.8 Å². The molecule has 1 aromatic rings. The number of ether oxygens (including phenoxy) is 1. The van der Waals surface area contributed by atoms with E-state index in [9.17, 15) is 14.4 Å². The van der Waals surface area contributed by atoms with Crippen molar-refractivity contribution in [3.63, 3.8) is 0 Å². The third kappa shape index (κ3) is 4.74. The van der Waals surface area contributed by atoms with E-state index in [2.05, 4.69) is 5.32 Å². The summed E-state index contributed by atoms with van der Waals surface area (Å²) in [4.78, 5) is 39.8. The number of nitrogens with one attached hydrogen (secondary N) is 1. The van der Waals surface area contributed by atoms with Gasteiger partial charge >= 0.3 is 5.97 Å². The van der Waals surface area contributed by atoms with E-state index in [-0.39, 0.29) is 24.4 Å². The van der Waals surface area contributed by atoms with Crippen molar-refractivity contribution in [3.8, 4) is 0 Å². The van der Waals surface area contributed by atoms with Crippen LogP contribution in [0.2, 0.25) is 5.02 Å². The van der Waals surface area contributed by atoms with Crippen LogP contribution in [0.15, 0.2) is 24.3 Å². The smallest absolute Gasteiger partial charge is 0.325 e. The molecule has 0 spiro atoms. The Morgan fingerprint density at radius 3 is 2.69 bits per heavy atom. The van der Waals surface area contributed by atoms with Crippen molar-refractivity contribution in [2.75, 3.05) is 13.2 Å². The number of halogens is 1. The largest absolute Gasteiger partial charge is 0.464 e. The topological polar surface area (TPSA) is 75.7 Å². The van der Waals surface area contributed by atoms with Crippen LogP contribution in [-0.2, 0) is 14.3 Å². The Morgan fingerprint density at radius 1 is 1.14 bits per heavy atom. The zero-order valence-corrected chi connectivity index (χ0v) is 17.2. The van der Waals surface area contributed by atoms with Crippen molar-refractivity contribution in [3.05, 3.63) is 34.9 Å². The van der Waals surface area contributed by atoms with E-state index in [1.165, 1.54) is 0 Å². The van der Waals surface area contributed by atoms with Gasteiger partial charge in [-0.25, -0.2) is 0 Å². The minimum Gasteiger partial charge on any atom is -0.464 e. The Bertz CT molecular complexity index is 795. The summed E-state index contributed by atoms with van der Waals surface area (Å²) in [5.41, 5.74) is 0.491. The molecule has 3 aliphatic rings. The Morgan fingerprint density at radius 2 is 1.93 bits per heavy atom. The third-order valence-electron chi connectivity index (χ3n) is 6.28. The van der Waals surface area contributed by atoms with Crippen molar-refractivity contribution in [2.45, 2.75) is 57.0 Å². The summed E-state index contributed by atoms with van der Waals surface area (Å²) < 4.78 is 5.18. The molecule has 0 aromatic heterocycles. The minimum atomic E-state index is -0.564. The summed E-state index contributed by atoms with van der Waals surface area (Å²) in [6.45, 7) is 0.276. The second-order valence-corrected chi connectivity index (χ2v) is 8.87.